The second-order valence-corrected chi connectivity index (χ2v) is 6.12. The van der Waals surface area contributed by atoms with Crippen molar-refractivity contribution in [1.82, 2.24) is 4.72 Å². The SMILES string of the molecule is CCN(CCNS(C)(=O)=O)c1ccc(N)c(C)c1.S. The van der Waals surface area contributed by atoms with Gasteiger partial charge in [0.2, 0.25) is 10.0 Å². The van der Waals surface area contributed by atoms with E-state index in [1.165, 1.54) is 0 Å². The molecule has 0 heterocycles. The predicted octanol–water partition coefficient (Wildman–Crippen LogP) is 1.07. The van der Waals surface area contributed by atoms with Gasteiger partial charge in [-0.3, -0.25) is 0 Å². The van der Waals surface area contributed by atoms with Crippen LogP contribution in [0.1, 0.15) is 12.5 Å². The molecule has 19 heavy (non-hydrogen) atoms. The number of nitrogen functional groups attached to an aromatic ring is 1. The fraction of sp³-hybridized carbons (Fsp3) is 0.500. The van der Waals surface area contributed by atoms with E-state index in [2.05, 4.69) is 9.62 Å². The van der Waals surface area contributed by atoms with E-state index >= 15 is 0 Å². The van der Waals surface area contributed by atoms with E-state index in [0.717, 1.165) is 29.7 Å². The summed E-state index contributed by atoms with van der Waals surface area (Å²) < 4.78 is 24.5. The predicted molar refractivity (Wildman–Crippen MR) is 86.7 cm³/mol. The number of anilines is 2. The Bertz CT molecular complexity index is 504. The summed E-state index contributed by atoms with van der Waals surface area (Å²) in [5.74, 6) is 0. The van der Waals surface area contributed by atoms with Crippen LogP contribution in [-0.4, -0.2) is 34.3 Å². The minimum atomic E-state index is -3.12. The monoisotopic (exact) mass is 305 g/mol. The average Bonchev–Trinajstić information content (AvgIpc) is 2.27. The average molecular weight is 305 g/mol. The van der Waals surface area contributed by atoms with E-state index in [0.29, 0.717) is 13.1 Å². The summed E-state index contributed by atoms with van der Waals surface area (Å²) in [7, 11) is -3.12. The number of likely N-dealkylation sites (N-methyl/N-ethyl adjacent to an activating group) is 1. The first-order chi connectivity index (χ1) is 8.33. The second-order valence-electron chi connectivity index (χ2n) is 4.29. The van der Waals surface area contributed by atoms with Crippen molar-refractivity contribution in [2.45, 2.75) is 13.8 Å². The number of nitrogens with one attached hydrogen (secondary N) is 1. The van der Waals surface area contributed by atoms with Crippen LogP contribution < -0.4 is 15.4 Å². The first-order valence-electron chi connectivity index (χ1n) is 5.89. The van der Waals surface area contributed by atoms with E-state index in [-0.39, 0.29) is 13.5 Å². The molecular formula is C12H23N3O2S2. The largest absolute Gasteiger partial charge is 0.399 e. The highest BCUT2D eigenvalue weighted by molar-refractivity contribution is 7.88. The maximum atomic E-state index is 11.0. The van der Waals surface area contributed by atoms with Gasteiger partial charge in [-0.1, -0.05) is 0 Å². The second kappa shape index (κ2) is 7.62. The van der Waals surface area contributed by atoms with Gasteiger partial charge in [-0.2, -0.15) is 13.5 Å². The summed E-state index contributed by atoms with van der Waals surface area (Å²) in [6.07, 6.45) is 1.16. The Kier molecular flexibility index (Phi) is 7.25. The molecule has 0 aromatic heterocycles. The van der Waals surface area contributed by atoms with Crippen LogP contribution in [0.3, 0.4) is 0 Å². The number of rotatable bonds is 6. The van der Waals surface area contributed by atoms with E-state index in [4.69, 9.17) is 5.73 Å². The normalized spacial score (nSPS) is 10.9. The molecule has 0 aliphatic heterocycles. The molecule has 0 aliphatic rings. The third kappa shape index (κ3) is 6.17. The Morgan fingerprint density at radius 2 is 2.00 bits per heavy atom. The molecule has 3 N–H and O–H groups in total. The third-order valence-corrected chi connectivity index (χ3v) is 3.47. The summed E-state index contributed by atoms with van der Waals surface area (Å²) in [6, 6.07) is 5.84. The van der Waals surface area contributed by atoms with Crippen molar-refractivity contribution in [3.63, 3.8) is 0 Å². The summed E-state index contributed by atoms with van der Waals surface area (Å²) >= 11 is 0. The Morgan fingerprint density at radius 1 is 1.37 bits per heavy atom. The topological polar surface area (TPSA) is 75.4 Å². The lowest BCUT2D eigenvalue weighted by Gasteiger charge is -2.23. The van der Waals surface area contributed by atoms with Crippen LogP contribution in [-0.2, 0) is 10.0 Å². The van der Waals surface area contributed by atoms with Crippen LogP contribution in [0.5, 0.6) is 0 Å². The summed E-state index contributed by atoms with van der Waals surface area (Å²) in [5, 5.41) is 0. The number of nitrogens with two attached hydrogens (primary N) is 1. The quantitative estimate of drug-likeness (QED) is 0.771. The lowest BCUT2D eigenvalue weighted by atomic mass is 10.1. The fourth-order valence-electron chi connectivity index (χ4n) is 1.69. The first-order valence-corrected chi connectivity index (χ1v) is 7.78. The van der Waals surface area contributed by atoms with Crippen molar-refractivity contribution in [1.29, 1.82) is 0 Å². The van der Waals surface area contributed by atoms with Gasteiger partial charge in [0.25, 0.3) is 0 Å². The van der Waals surface area contributed by atoms with Gasteiger partial charge < -0.3 is 10.6 Å². The molecule has 0 radical (unpaired) electrons. The zero-order valence-corrected chi connectivity index (χ0v) is 13.4. The van der Waals surface area contributed by atoms with E-state index in [1.54, 1.807) is 0 Å². The molecule has 110 valence electrons. The number of hydrogen-bond donors (Lipinski definition) is 2. The molecule has 1 aromatic rings. The van der Waals surface area contributed by atoms with Gasteiger partial charge in [0.1, 0.15) is 0 Å². The smallest absolute Gasteiger partial charge is 0.208 e. The third-order valence-electron chi connectivity index (χ3n) is 2.75. The van der Waals surface area contributed by atoms with E-state index < -0.39 is 10.0 Å². The zero-order chi connectivity index (χ0) is 13.8. The Hall–Kier alpha value is -0.920. The van der Waals surface area contributed by atoms with Gasteiger partial charge in [-0.25, -0.2) is 13.1 Å². The molecule has 0 fully saturated rings. The molecule has 0 amide bonds. The number of sulfonamides is 1. The molecule has 0 spiro atoms. The minimum Gasteiger partial charge on any atom is -0.399 e. The molecule has 0 atom stereocenters. The summed E-state index contributed by atoms with van der Waals surface area (Å²) in [6.45, 7) is 5.84. The molecule has 0 saturated carbocycles. The molecule has 0 unspecified atom stereocenters. The van der Waals surface area contributed by atoms with Crippen LogP contribution in [0.4, 0.5) is 11.4 Å². The standard InChI is InChI=1S/C12H21N3O2S.H2S/c1-4-15(8-7-14-18(3,16)17)11-5-6-12(13)10(2)9-11;/h5-6,9,14H,4,7-8,13H2,1-3H3;1H2. The highest BCUT2D eigenvalue weighted by Crippen LogP contribution is 2.20. The van der Waals surface area contributed by atoms with Crippen molar-refractivity contribution in [3.05, 3.63) is 23.8 Å². The van der Waals surface area contributed by atoms with Crippen molar-refractivity contribution in [2.75, 3.05) is 36.5 Å². The van der Waals surface area contributed by atoms with Gasteiger partial charge in [0.15, 0.2) is 0 Å². The minimum absolute atomic E-state index is 0. The van der Waals surface area contributed by atoms with Gasteiger partial charge in [-0.05, 0) is 37.6 Å². The van der Waals surface area contributed by atoms with Gasteiger partial charge in [-0.15, -0.1) is 0 Å². The molecule has 0 saturated heterocycles. The fourth-order valence-corrected chi connectivity index (χ4v) is 2.15. The maximum Gasteiger partial charge on any atom is 0.208 e. The van der Waals surface area contributed by atoms with Crippen LogP contribution in [0.25, 0.3) is 0 Å². The summed E-state index contributed by atoms with van der Waals surface area (Å²) in [4.78, 5) is 2.10. The highest BCUT2D eigenvalue weighted by Gasteiger charge is 2.07. The Morgan fingerprint density at radius 3 is 2.47 bits per heavy atom. The van der Waals surface area contributed by atoms with Crippen LogP contribution in [0.2, 0.25) is 0 Å². The molecule has 0 aliphatic carbocycles. The molecule has 1 aromatic carbocycles. The van der Waals surface area contributed by atoms with Gasteiger partial charge in [0.05, 0.1) is 6.26 Å². The molecule has 1 rings (SSSR count). The van der Waals surface area contributed by atoms with Crippen LogP contribution >= 0.6 is 13.5 Å². The van der Waals surface area contributed by atoms with Gasteiger partial charge >= 0.3 is 0 Å². The Balaban J connectivity index is 0.00000324. The zero-order valence-electron chi connectivity index (χ0n) is 11.6. The maximum absolute atomic E-state index is 11.0. The highest BCUT2D eigenvalue weighted by atomic mass is 32.2. The van der Waals surface area contributed by atoms with Crippen LogP contribution in [0.15, 0.2) is 18.2 Å². The molecule has 7 heteroatoms. The Labute approximate surface area is 122 Å². The van der Waals surface area contributed by atoms with E-state index in [9.17, 15) is 8.42 Å². The van der Waals surface area contributed by atoms with Gasteiger partial charge in [0, 0.05) is 31.0 Å². The summed E-state index contributed by atoms with van der Waals surface area (Å²) in [5.41, 5.74) is 8.63. The van der Waals surface area contributed by atoms with Crippen molar-refractivity contribution in [3.8, 4) is 0 Å². The number of nitrogens with zero attached hydrogens (tertiary/aromatic N) is 1. The van der Waals surface area contributed by atoms with Crippen molar-refractivity contribution < 1.29 is 8.42 Å². The van der Waals surface area contributed by atoms with Crippen molar-refractivity contribution >= 4 is 34.9 Å². The molecule has 0 bridgehead atoms. The number of benzene rings is 1. The van der Waals surface area contributed by atoms with Crippen molar-refractivity contribution in [2.24, 2.45) is 0 Å². The lowest BCUT2D eigenvalue weighted by molar-refractivity contribution is 0.587. The molecule has 5 nitrogen and oxygen atoms in total. The van der Waals surface area contributed by atoms with E-state index in [1.807, 2.05) is 32.0 Å². The number of hydrogen-bond acceptors (Lipinski definition) is 4. The van der Waals surface area contributed by atoms with Crippen LogP contribution in [0, 0.1) is 6.92 Å². The molecular weight excluding hydrogens is 282 g/mol. The lowest BCUT2D eigenvalue weighted by Crippen LogP contribution is -2.34. The number of aryl methyl sites for hydroxylation is 1. The first kappa shape index (κ1) is 18.1.